The number of esters is 2. The first-order chi connectivity index (χ1) is 16.3. The molecule has 1 aliphatic heterocycles. The zero-order valence-electron chi connectivity index (χ0n) is 18.1. The van der Waals surface area contributed by atoms with Gasteiger partial charge >= 0.3 is 11.9 Å². The smallest absolute Gasteiger partial charge is 0.337 e. The number of carbonyl (C=O) groups is 3. The van der Waals surface area contributed by atoms with Gasteiger partial charge in [0.15, 0.2) is 0 Å². The average molecular weight is 481 g/mol. The number of amides is 1. The first kappa shape index (κ1) is 24.5. The third kappa shape index (κ3) is 5.07. The Morgan fingerprint density at radius 3 is 2.29 bits per heavy atom. The van der Waals surface area contributed by atoms with E-state index in [2.05, 4.69) is 16.1 Å². The highest BCUT2D eigenvalue weighted by Gasteiger charge is 2.44. The van der Waals surface area contributed by atoms with Crippen molar-refractivity contribution < 1.29 is 28.8 Å². The summed E-state index contributed by atoms with van der Waals surface area (Å²) in [5.41, 5.74) is 1.60. The van der Waals surface area contributed by atoms with Crippen molar-refractivity contribution in [1.82, 2.24) is 5.32 Å². The molecule has 34 heavy (non-hydrogen) atoms. The van der Waals surface area contributed by atoms with Gasteiger partial charge in [0.2, 0.25) is 5.91 Å². The van der Waals surface area contributed by atoms with Gasteiger partial charge in [0, 0.05) is 23.8 Å². The van der Waals surface area contributed by atoms with Crippen molar-refractivity contribution >= 4 is 35.3 Å². The number of ether oxygens (including phenoxy) is 2. The summed E-state index contributed by atoms with van der Waals surface area (Å²) in [6, 6.07) is 14.1. The maximum atomic E-state index is 12.9. The summed E-state index contributed by atoms with van der Waals surface area (Å²) in [6.45, 7) is 0. The van der Waals surface area contributed by atoms with Crippen LogP contribution in [-0.2, 0) is 24.8 Å². The quantitative estimate of drug-likeness (QED) is 0.272. The van der Waals surface area contributed by atoms with Gasteiger partial charge in [0.1, 0.15) is 5.92 Å². The maximum absolute atomic E-state index is 12.9. The van der Waals surface area contributed by atoms with Crippen LogP contribution < -0.4 is 5.32 Å². The zero-order valence-corrected chi connectivity index (χ0v) is 19.0. The number of carbonyl (C=O) groups excluding carboxylic acids is 3. The number of thioether (sulfide) groups is 1. The van der Waals surface area contributed by atoms with Gasteiger partial charge in [-0.15, -0.1) is 11.8 Å². The first-order valence-corrected chi connectivity index (χ1v) is 10.9. The lowest BCUT2D eigenvalue weighted by molar-refractivity contribution is -0.384. The zero-order chi connectivity index (χ0) is 24.8. The molecule has 1 amide bonds. The SMILES string of the molecule is COC(=O)c1ccc([C@H]2C(C#N)=C(SCc3ccc([N+](=O)[O-])cc3)NC(=O)[C@H]2C(=O)OC)cc1. The molecule has 0 aromatic heterocycles. The highest BCUT2D eigenvalue weighted by Crippen LogP contribution is 2.41. The highest BCUT2D eigenvalue weighted by atomic mass is 32.2. The fourth-order valence-electron chi connectivity index (χ4n) is 3.49. The van der Waals surface area contributed by atoms with Gasteiger partial charge in [-0.2, -0.15) is 5.26 Å². The summed E-state index contributed by atoms with van der Waals surface area (Å²) in [6.07, 6.45) is 0. The third-order valence-corrected chi connectivity index (χ3v) is 6.29. The van der Waals surface area contributed by atoms with Crippen LogP contribution in [0.15, 0.2) is 59.1 Å². The van der Waals surface area contributed by atoms with Gasteiger partial charge in [0.25, 0.3) is 5.69 Å². The molecule has 10 nitrogen and oxygen atoms in total. The fraction of sp³-hybridized carbons (Fsp3) is 0.217. The fourth-order valence-corrected chi connectivity index (χ4v) is 4.50. The van der Waals surface area contributed by atoms with Crippen molar-refractivity contribution in [2.45, 2.75) is 11.7 Å². The maximum Gasteiger partial charge on any atom is 0.337 e. The third-order valence-electron chi connectivity index (χ3n) is 5.20. The van der Waals surface area contributed by atoms with E-state index in [1.54, 1.807) is 24.3 Å². The average Bonchev–Trinajstić information content (AvgIpc) is 2.86. The molecular weight excluding hydrogens is 462 g/mol. The van der Waals surface area contributed by atoms with Gasteiger partial charge in [-0.3, -0.25) is 19.7 Å². The Bertz CT molecular complexity index is 1200. The minimum atomic E-state index is -1.30. The number of nitro groups is 1. The molecule has 11 heteroatoms. The number of hydrogen-bond donors (Lipinski definition) is 1. The molecule has 0 saturated carbocycles. The molecule has 3 rings (SSSR count). The predicted molar refractivity (Wildman–Crippen MR) is 121 cm³/mol. The van der Waals surface area contributed by atoms with Gasteiger partial charge in [-0.25, -0.2) is 4.79 Å². The summed E-state index contributed by atoms with van der Waals surface area (Å²) in [7, 11) is 2.40. The molecule has 0 fully saturated rings. The first-order valence-electron chi connectivity index (χ1n) is 9.88. The molecule has 0 spiro atoms. The molecule has 0 unspecified atom stereocenters. The van der Waals surface area contributed by atoms with Crippen molar-refractivity contribution in [2.75, 3.05) is 14.2 Å². The second-order valence-corrected chi connectivity index (χ2v) is 8.13. The molecule has 0 radical (unpaired) electrons. The molecular formula is C23H19N3O7S. The van der Waals surface area contributed by atoms with Crippen LogP contribution in [0.2, 0.25) is 0 Å². The van der Waals surface area contributed by atoms with Gasteiger partial charge < -0.3 is 14.8 Å². The number of rotatable bonds is 7. The van der Waals surface area contributed by atoms with E-state index in [-0.39, 0.29) is 21.9 Å². The predicted octanol–water partition coefficient (Wildman–Crippen LogP) is 3.05. The Kier molecular flexibility index (Phi) is 7.65. The monoisotopic (exact) mass is 481 g/mol. The van der Waals surface area contributed by atoms with E-state index in [0.29, 0.717) is 11.3 Å². The molecule has 2 atom stereocenters. The lowest BCUT2D eigenvalue weighted by Gasteiger charge is -2.31. The lowest BCUT2D eigenvalue weighted by Crippen LogP contribution is -2.44. The minimum Gasteiger partial charge on any atom is -0.468 e. The number of nitrogens with one attached hydrogen (secondary N) is 1. The topological polar surface area (TPSA) is 149 Å². The number of hydrogen-bond acceptors (Lipinski definition) is 9. The largest absolute Gasteiger partial charge is 0.468 e. The number of nitrogens with zero attached hydrogens (tertiary/aromatic N) is 2. The summed E-state index contributed by atoms with van der Waals surface area (Å²) in [5, 5.41) is 23.7. The van der Waals surface area contributed by atoms with Crippen LogP contribution in [-0.4, -0.2) is 37.0 Å². The van der Waals surface area contributed by atoms with E-state index in [1.807, 2.05) is 0 Å². The number of benzene rings is 2. The van der Waals surface area contributed by atoms with Crippen LogP contribution in [0.5, 0.6) is 0 Å². The van der Waals surface area contributed by atoms with Crippen LogP contribution in [0.25, 0.3) is 0 Å². The van der Waals surface area contributed by atoms with Crippen molar-refractivity contribution in [3.05, 3.63) is 85.9 Å². The van der Waals surface area contributed by atoms with E-state index >= 15 is 0 Å². The molecule has 0 bridgehead atoms. The second kappa shape index (κ2) is 10.6. The number of methoxy groups -OCH3 is 2. The van der Waals surface area contributed by atoms with Crippen molar-refractivity contribution in [1.29, 1.82) is 5.26 Å². The van der Waals surface area contributed by atoms with Crippen LogP contribution in [0.1, 0.15) is 27.4 Å². The lowest BCUT2D eigenvalue weighted by atomic mass is 9.78. The van der Waals surface area contributed by atoms with E-state index in [4.69, 9.17) is 4.74 Å². The van der Waals surface area contributed by atoms with E-state index < -0.39 is 34.6 Å². The number of nitriles is 1. The number of non-ortho nitro benzene ring substituents is 1. The molecule has 0 aliphatic carbocycles. The van der Waals surface area contributed by atoms with Crippen LogP contribution in [0.4, 0.5) is 5.69 Å². The summed E-state index contributed by atoms with van der Waals surface area (Å²) in [5.74, 6) is -3.89. The molecule has 2 aromatic carbocycles. The summed E-state index contributed by atoms with van der Waals surface area (Å²) in [4.78, 5) is 47.4. The van der Waals surface area contributed by atoms with E-state index in [1.165, 1.54) is 31.4 Å². The molecule has 0 saturated heterocycles. The normalized spacial score (nSPS) is 17.4. The van der Waals surface area contributed by atoms with Crippen molar-refractivity contribution in [3.63, 3.8) is 0 Å². The summed E-state index contributed by atoms with van der Waals surface area (Å²) < 4.78 is 9.50. The van der Waals surface area contributed by atoms with Crippen LogP contribution >= 0.6 is 11.8 Å². The van der Waals surface area contributed by atoms with Crippen molar-refractivity contribution in [3.8, 4) is 6.07 Å². The Labute approximate surface area is 198 Å². The molecule has 2 aromatic rings. The standard InChI is InChI=1S/C23H19N3O7S/c1-32-22(28)15-7-5-14(6-8-15)18-17(11-24)21(25-20(27)19(18)23(29)33-2)34-12-13-3-9-16(10-4-13)26(30)31/h3-10,18-19H,12H2,1-2H3,(H,25,27)/t18-,19-/m0/s1. The minimum absolute atomic E-state index is 0.0481. The van der Waals surface area contributed by atoms with E-state index in [0.717, 1.165) is 24.4 Å². The Balaban J connectivity index is 1.98. The molecule has 1 heterocycles. The van der Waals surface area contributed by atoms with Crippen molar-refractivity contribution in [2.24, 2.45) is 5.92 Å². The van der Waals surface area contributed by atoms with Crippen LogP contribution in [0.3, 0.4) is 0 Å². The molecule has 174 valence electrons. The van der Waals surface area contributed by atoms with Gasteiger partial charge in [-0.05, 0) is 23.3 Å². The molecule has 1 aliphatic rings. The van der Waals surface area contributed by atoms with E-state index in [9.17, 15) is 29.8 Å². The highest BCUT2D eigenvalue weighted by molar-refractivity contribution is 8.02. The number of allylic oxidation sites excluding steroid dienone is 1. The Morgan fingerprint density at radius 2 is 1.76 bits per heavy atom. The van der Waals surface area contributed by atoms with Gasteiger partial charge in [0.05, 0.1) is 41.4 Å². The summed E-state index contributed by atoms with van der Waals surface area (Å²) >= 11 is 1.16. The Hall–Kier alpha value is -4.17. The second-order valence-electron chi connectivity index (χ2n) is 7.15. The Morgan fingerprint density at radius 1 is 1.12 bits per heavy atom. The van der Waals surface area contributed by atoms with Gasteiger partial charge in [-0.1, -0.05) is 24.3 Å². The van der Waals surface area contributed by atoms with Crippen LogP contribution in [0, 0.1) is 27.4 Å². The molecule has 1 N–H and O–H groups in total. The number of nitro benzene ring substituents is 1.